The first kappa shape index (κ1) is 47.4. The molecule has 19 aromatic rings. The van der Waals surface area contributed by atoms with Gasteiger partial charge in [0.05, 0.1) is 11.0 Å². The second-order valence-corrected chi connectivity index (χ2v) is 24.4. The summed E-state index contributed by atoms with van der Waals surface area (Å²) in [5.74, 6) is 0. The maximum atomic E-state index is 7.36. The third-order valence-corrected chi connectivity index (χ3v) is 18.5. The van der Waals surface area contributed by atoms with E-state index < -0.39 is 0 Å². The van der Waals surface area contributed by atoms with Gasteiger partial charge in [-0.05, 0) is 169 Å². The number of para-hydroxylation sites is 2. The Labute approximate surface area is 492 Å². The molecule has 6 nitrogen and oxygen atoms in total. The molecule has 0 amide bonds. The highest BCUT2D eigenvalue weighted by molar-refractivity contribution is 6.30. The maximum Gasteiger partial charge on any atom is 0.161 e. The zero-order valence-electron chi connectivity index (χ0n) is 47.3. The van der Waals surface area contributed by atoms with Gasteiger partial charge in [0, 0.05) is 88.7 Å². The van der Waals surface area contributed by atoms with Gasteiger partial charge >= 0.3 is 0 Å². The lowest BCUT2D eigenvalue weighted by Gasteiger charge is -2.26. The molecule has 5 heterocycles. The van der Waals surface area contributed by atoms with Gasteiger partial charge in [-0.15, -0.1) is 0 Å². The Balaban J connectivity index is 0.832. The van der Waals surface area contributed by atoms with E-state index in [-0.39, 0.29) is 5.41 Å². The molecule has 19 rings (SSSR count). The number of nitrogens with zero attached hydrogens (tertiary/aromatic N) is 3. The molecule has 0 aliphatic carbocycles. The van der Waals surface area contributed by atoms with Gasteiger partial charge in [-0.1, -0.05) is 160 Å². The van der Waals surface area contributed by atoms with Crippen molar-refractivity contribution >= 4 is 181 Å². The van der Waals surface area contributed by atoms with Crippen molar-refractivity contribution in [3.8, 4) is 0 Å². The average Bonchev–Trinajstić information content (AvgIpc) is 1.57. The number of hydrogen-bond donors (Lipinski definition) is 0. The van der Waals surface area contributed by atoms with E-state index in [2.05, 4.69) is 272 Å². The summed E-state index contributed by atoms with van der Waals surface area (Å²) < 4.78 is 22.7. The van der Waals surface area contributed by atoms with Crippen molar-refractivity contribution in [2.45, 2.75) is 26.2 Å². The van der Waals surface area contributed by atoms with Gasteiger partial charge < -0.3 is 27.5 Å². The van der Waals surface area contributed by atoms with E-state index in [9.17, 15) is 0 Å². The topological polar surface area (TPSA) is 50.3 Å². The SMILES string of the molecule is CC(C)(C)c1cc2c3ccc4cc(N(c5ccc6ccc7ccccc7c6c5)c5ccc6oc7ccccc7c6c5)ccc4c3n3c2c(c1)c1oc2cc(N(c4ccc5ccc6ccccc6c5c4)c4ccc5oc6ccccc6c5c4)ccc2c13. The molecule has 0 unspecified atom stereocenters. The second-order valence-electron chi connectivity index (χ2n) is 24.4. The quantitative estimate of drug-likeness (QED) is 0.155. The summed E-state index contributed by atoms with van der Waals surface area (Å²) >= 11 is 0. The van der Waals surface area contributed by atoms with Gasteiger partial charge in [0.15, 0.2) is 5.58 Å². The summed E-state index contributed by atoms with van der Waals surface area (Å²) in [6.07, 6.45) is 0. The lowest BCUT2D eigenvalue weighted by Crippen LogP contribution is -2.10. The van der Waals surface area contributed by atoms with Crippen molar-refractivity contribution in [2.75, 3.05) is 9.80 Å². The Morgan fingerprint density at radius 3 is 1.24 bits per heavy atom. The largest absolute Gasteiger partial charge is 0.456 e. The molecule has 0 aliphatic rings. The molecular weight excluding hydrogens is 1050 g/mol. The van der Waals surface area contributed by atoms with Gasteiger partial charge in [0.2, 0.25) is 0 Å². The van der Waals surface area contributed by atoms with Gasteiger partial charge in [0.1, 0.15) is 33.4 Å². The molecule has 6 heteroatoms. The zero-order valence-corrected chi connectivity index (χ0v) is 47.3. The molecule has 0 atom stereocenters. The maximum absolute atomic E-state index is 7.36. The highest BCUT2D eigenvalue weighted by Gasteiger charge is 2.28. The van der Waals surface area contributed by atoms with E-state index in [1.165, 1.54) is 75.8 Å². The van der Waals surface area contributed by atoms with Crippen molar-refractivity contribution in [3.05, 3.63) is 260 Å². The number of benzene rings is 14. The van der Waals surface area contributed by atoms with Crippen molar-refractivity contribution in [2.24, 2.45) is 0 Å². The van der Waals surface area contributed by atoms with Gasteiger partial charge in [-0.25, -0.2) is 0 Å². The molecule has 0 saturated carbocycles. The first-order chi connectivity index (χ1) is 42.2. The van der Waals surface area contributed by atoms with E-state index >= 15 is 0 Å². The van der Waals surface area contributed by atoms with Crippen LogP contribution >= 0.6 is 0 Å². The van der Waals surface area contributed by atoms with Crippen LogP contribution in [0.5, 0.6) is 0 Å². The number of fused-ring (bicyclic) bond motifs is 22. The van der Waals surface area contributed by atoms with Crippen LogP contribution in [0.2, 0.25) is 0 Å². The summed E-state index contributed by atoms with van der Waals surface area (Å²) in [7, 11) is 0. The fourth-order valence-electron chi connectivity index (χ4n) is 14.4. The van der Waals surface area contributed by atoms with E-state index in [0.717, 1.165) is 111 Å². The predicted octanol–water partition coefficient (Wildman–Crippen LogP) is 23.4. The van der Waals surface area contributed by atoms with Gasteiger partial charge in [0.25, 0.3) is 0 Å². The third kappa shape index (κ3) is 6.78. The minimum atomic E-state index is -0.121. The molecule has 14 aromatic carbocycles. The predicted molar refractivity (Wildman–Crippen MR) is 361 cm³/mol. The monoisotopic (exact) mass is 1100 g/mol. The Morgan fingerprint density at radius 1 is 0.256 bits per heavy atom. The van der Waals surface area contributed by atoms with Crippen LogP contribution < -0.4 is 9.80 Å². The van der Waals surface area contributed by atoms with Crippen molar-refractivity contribution < 1.29 is 13.3 Å². The Hall–Kier alpha value is -11.1. The number of anilines is 6. The first-order valence-corrected chi connectivity index (χ1v) is 29.6. The van der Waals surface area contributed by atoms with E-state index in [4.69, 9.17) is 13.3 Å². The van der Waals surface area contributed by atoms with Crippen LogP contribution in [0.25, 0.3) is 147 Å². The minimum absolute atomic E-state index is 0.121. The smallest absolute Gasteiger partial charge is 0.161 e. The Morgan fingerprint density at radius 2 is 0.663 bits per heavy atom. The molecule has 0 bridgehead atoms. The molecule has 5 aromatic heterocycles. The highest BCUT2D eigenvalue weighted by Crippen LogP contribution is 2.50. The average molecular weight is 1100 g/mol. The van der Waals surface area contributed by atoms with Gasteiger partial charge in [-0.3, -0.25) is 0 Å². The number of rotatable bonds is 6. The molecule has 0 spiro atoms. The van der Waals surface area contributed by atoms with Crippen LogP contribution in [0.1, 0.15) is 26.3 Å². The Kier molecular flexibility index (Phi) is 9.51. The minimum Gasteiger partial charge on any atom is -0.456 e. The highest BCUT2D eigenvalue weighted by atomic mass is 16.3. The molecule has 0 radical (unpaired) electrons. The molecule has 0 fully saturated rings. The van der Waals surface area contributed by atoms with E-state index in [1.54, 1.807) is 0 Å². The van der Waals surface area contributed by atoms with Crippen molar-refractivity contribution in [1.82, 2.24) is 4.40 Å². The van der Waals surface area contributed by atoms with Crippen LogP contribution in [-0.4, -0.2) is 4.40 Å². The standard InChI is InChI=1S/C80H51N3O3/c1-80(2,3)51-39-69-63-33-26-50-38-52(81(55-31-36-73-67(43-55)61-16-8-10-18-71(61)84-73)53-27-24-48-22-20-46-12-4-6-14-58(46)65(48)41-53)29-34-60(50)76(63)83-77(69)70(40-51)79-78(83)64-35-30-57(45-75(64)86-79)82(56-32-37-74-68(44-56)62-17-9-11-19-72(62)85-74)54-28-25-49-23-21-47-13-5-7-15-59(47)66(49)42-54/h4-45H,1-3H3. The summed E-state index contributed by atoms with van der Waals surface area (Å²) in [6, 6.07) is 93.1. The number of aromatic nitrogens is 1. The van der Waals surface area contributed by atoms with Crippen LogP contribution in [0.4, 0.5) is 34.1 Å². The lowest BCUT2D eigenvalue weighted by molar-refractivity contribution is 0.591. The second kappa shape index (κ2) is 17.3. The zero-order chi connectivity index (χ0) is 56.7. The van der Waals surface area contributed by atoms with Crippen molar-refractivity contribution in [1.29, 1.82) is 0 Å². The fourth-order valence-corrected chi connectivity index (χ4v) is 14.4. The summed E-state index contributed by atoms with van der Waals surface area (Å²) in [5.41, 5.74) is 16.0. The first-order valence-electron chi connectivity index (χ1n) is 29.6. The third-order valence-electron chi connectivity index (χ3n) is 18.5. The van der Waals surface area contributed by atoms with Crippen LogP contribution in [0.3, 0.4) is 0 Å². The summed E-state index contributed by atoms with van der Waals surface area (Å²) in [6.45, 7) is 6.92. The normalized spacial score (nSPS) is 12.6. The van der Waals surface area contributed by atoms with Crippen LogP contribution in [-0.2, 0) is 5.41 Å². The Bertz CT molecular complexity index is 6110. The van der Waals surface area contributed by atoms with Crippen LogP contribution in [0, 0.1) is 0 Å². The fraction of sp³-hybridized carbons (Fsp3) is 0.0500. The molecule has 0 N–H and O–H groups in total. The molecular formula is C80H51N3O3. The van der Waals surface area contributed by atoms with Crippen LogP contribution in [0.15, 0.2) is 268 Å². The molecule has 0 saturated heterocycles. The molecule has 86 heavy (non-hydrogen) atoms. The molecule has 404 valence electrons. The lowest BCUT2D eigenvalue weighted by atomic mass is 9.85. The summed E-state index contributed by atoms with van der Waals surface area (Å²) in [4.78, 5) is 4.78. The van der Waals surface area contributed by atoms with E-state index in [0.29, 0.717) is 0 Å². The van der Waals surface area contributed by atoms with E-state index in [1.807, 2.05) is 18.2 Å². The number of furan rings is 3. The van der Waals surface area contributed by atoms with Gasteiger partial charge in [-0.2, -0.15) is 0 Å². The number of hydrogen-bond acceptors (Lipinski definition) is 5. The van der Waals surface area contributed by atoms with Crippen molar-refractivity contribution in [3.63, 3.8) is 0 Å². The molecule has 0 aliphatic heterocycles. The summed E-state index contributed by atoms with van der Waals surface area (Å²) in [5, 5.41) is 21.0.